The number of aliphatic hydroxyl groups excluding tert-OH is 1. The maximum Gasteiger partial charge on any atom is 0.131 e. The molecule has 1 aromatic rings. The molecule has 1 rings (SSSR count). The van der Waals surface area contributed by atoms with Gasteiger partial charge in [0.15, 0.2) is 0 Å². The minimum absolute atomic E-state index is 0.123. The zero-order valence-electron chi connectivity index (χ0n) is 10.3. The molecule has 0 bridgehead atoms. The van der Waals surface area contributed by atoms with Crippen LogP contribution in [0.5, 0.6) is 0 Å². The predicted molar refractivity (Wildman–Crippen MR) is 61.6 cm³/mol. The van der Waals surface area contributed by atoms with Crippen molar-refractivity contribution in [2.45, 2.75) is 38.4 Å². The van der Waals surface area contributed by atoms with Crippen molar-refractivity contribution in [2.75, 3.05) is 7.11 Å². The van der Waals surface area contributed by atoms with Gasteiger partial charge in [-0.25, -0.2) is 8.78 Å². The van der Waals surface area contributed by atoms with Crippen molar-refractivity contribution in [2.24, 2.45) is 0 Å². The fraction of sp³-hybridized carbons (Fsp3) is 0.538. The molecular weight excluding hydrogens is 226 g/mol. The molecule has 1 atom stereocenters. The Kier molecular flexibility index (Phi) is 4.60. The van der Waals surface area contributed by atoms with Crippen LogP contribution in [0, 0.1) is 11.6 Å². The number of halogens is 2. The summed E-state index contributed by atoms with van der Waals surface area (Å²) >= 11 is 0. The summed E-state index contributed by atoms with van der Waals surface area (Å²) < 4.78 is 31.3. The molecule has 4 heteroatoms. The lowest BCUT2D eigenvalue weighted by atomic mass is 9.96. The molecule has 0 aliphatic rings. The van der Waals surface area contributed by atoms with Crippen LogP contribution >= 0.6 is 0 Å². The fourth-order valence-corrected chi connectivity index (χ4v) is 1.51. The van der Waals surface area contributed by atoms with Crippen molar-refractivity contribution < 1.29 is 18.6 Å². The van der Waals surface area contributed by atoms with Crippen LogP contribution in [0.15, 0.2) is 18.2 Å². The van der Waals surface area contributed by atoms with E-state index in [0.29, 0.717) is 12.8 Å². The second kappa shape index (κ2) is 5.56. The Morgan fingerprint density at radius 1 is 1.35 bits per heavy atom. The zero-order chi connectivity index (χ0) is 13.1. The Morgan fingerprint density at radius 3 is 2.53 bits per heavy atom. The second-order valence-electron chi connectivity index (χ2n) is 4.68. The summed E-state index contributed by atoms with van der Waals surface area (Å²) in [5.41, 5.74) is -0.240. The highest BCUT2D eigenvalue weighted by Crippen LogP contribution is 2.26. The molecule has 1 aromatic carbocycles. The fourth-order valence-electron chi connectivity index (χ4n) is 1.51. The van der Waals surface area contributed by atoms with Crippen LogP contribution in [-0.2, 0) is 4.74 Å². The largest absolute Gasteiger partial charge is 0.388 e. The van der Waals surface area contributed by atoms with E-state index in [0.717, 1.165) is 12.1 Å². The van der Waals surface area contributed by atoms with Gasteiger partial charge in [-0.3, -0.25) is 0 Å². The van der Waals surface area contributed by atoms with Gasteiger partial charge >= 0.3 is 0 Å². The van der Waals surface area contributed by atoms with Gasteiger partial charge in [0, 0.05) is 18.7 Å². The highest BCUT2D eigenvalue weighted by atomic mass is 19.1. The highest BCUT2D eigenvalue weighted by Gasteiger charge is 2.20. The van der Waals surface area contributed by atoms with Gasteiger partial charge in [0.2, 0.25) is 0 Å². The smallest absolute Gasteiger partial charge is 0.131 e. The van der Waals surface area contributed by atoms with E-state index in [2.05, 4.69) is 0 Å². The number of hydrogen-bond donors (Lipinski definition) is 1. The van der Waals surface area contributed by atoms with E-state index >= 15 is 0 Å². The van der Waals surface area contributed by atoms with Gasteiger partial charge in [-0.05, 0) is 32.8 Å². The summed E-state index contributed by atoms with van der Waals surface area (Å²) in [6.45, 7) is 3.78. The predicted octanol–water partition coefficient (Wildman–Crippen LogP) is 3.20. The van der Waals surface area contributed by atoms with E-state index in [9.17, 15) is 13.9 Å². The lowest BCUT2D eigenvalue weighted by Gasteiger charge is -2.24. The van der Waals surface area contributed by atoms with Gasteiger partial charge in [-0.1, -0.05) is 6.07 Å². The third-order valence-electron chi connectivity index (χ3n) is 2.89. The number of aliphatic hydroxyl groups is 1. The number of ether oxygens (including phenoxy) is 1. The van der Waals surface area contributed by atoms with Crippen LogP contribution < -0.4 is 0 Å². The molecule has 17 heavy (non-hydrogen) atoms. The normalized spacial score (nSPS) is 13.8. The van der Waals surface area contributed by atoms with Crippen LogP contribution in [0.1, 0.15) is 38.4 Å². The summed E-state index contributed by atoms with van der Waals surface area (Å²) in [5, 5.41) is 9.83. The first-order chi connectivity index (χ1) is 7.85. The first kappa shape index (κ1) is 14.1. The molecule has 0 aromatic heterocycles. The number of benzene rings is 1. The second-order valence-corrected chi connectivity index (χ2v) is 4.68. The SMILES string of the molecule is COC(C)(C)CCC(O)c1ccc(F)cc1F. The monoisotopic (exact) mass is 244 g/mol. The molecule has 0 radical (unpaired) electrons. The average molecular weight is 244 g/mol. The molecule has 0 fully saturated rings. The summed E-state index contributed by atoms with van der Waals surface area (Å²) in [4.78, 5) is 0. The van der Waals surface area contributed by atoms with Gasteiger partial charge in [-0.2, -0.15) is 0 Å². The van der Waals surface area contributed by atoms with Gasteiger partial charge in [0.05, 0.1) is 11.7 Å². The molecule has 0 saturated heterocycles. The Balaban J connectivity index is 2.67. The highest BCUT2D eigenvalue weighted by molar-refractivity contribution is 5.20. The Hall–Kier alpha value is -1.00. The molecule has 96 valence electrons. The molecule has 0 aliphatic carbocycles. The van der Waals surface area contributed by atoms with Crippen molar-refractivity contribution in [3.8, 4) is 0 Å². The van der Waals surface area contributed by atoms with Crippen molar-refractivity contribution in [3.05, 3.63) is 35.4 Å². The van der Waals surface area contributed by atoms with Crippen LogP contribution in [0.2, 0.25) is 0 Å². The van der Waals surface area contributed by atoms with Gasteiger partial charge in [0.1, 0.15) is 11.6 Å². The van der Waals surface area contributed by atoms with Crippen LogP contribution in [0.3, 0.4) is 0 Å². The van der Waals surface area contributed by atoms with Crippen molar-refractivity contribution in [3.63, 3.8) is 0 Å². The Labute approximate surface area is 100 Å². The molecule has 2 nitrogen and oxygen atoms in total. The van der Waals surface area contributed by atoms with E-state index in [-0.39, 0.29) is 11.2 Å². The molecular formula is C13H18F2O2. The first-order valence-electron chi connectivity index (χ1n) is 5.54. The number of methoxy groups -OCH3 is 1. The summed E-state index contributed by atoms with van der Waals surface area (Å²) in [5.74, 6) is -1.36. The third-order valence-corrected chi connectivity index (χ3v) is 2.89. The lowest BCUT2D eigenvalue weighted by molar-refractivity contribution is 0.00247. The molecule has 0 heterocycles. The quantitative estimate of drug-likeness (QED) is 0.861. The number of rotatable bonds is 5. The topological polar surface area (TPSA) is 29.5 Å². The van der Waals surface area contributed by atoms with Gasteiger partial charge < -0.3 is 9.84 Å². The molecule has 1 unspecified atom stereocenters. The maximum absolute atomic E-state index is 13.4. The van der Waals surface area contributed by atoms with Crippen LogP contribution in [0.25, 0.3) is 0 Å². The van der Waals surface area contributed by atoms with E-state index < -0.39 is 17.7 Å². The molecule has 1 N–H and O–H groups in total. The molecule has 0 aliphatic heterocycles. The molecule has 0 amide bonds. The minimum Gasteiger partial charge on any atom is -0.388 e. The summed E-state index contributed by atoms with van der Waals surface area (Å²) in [6, 6.07) is 3.19. The van der Waals surface area contributed by atoms with Gasteiger partial charge in [0.25, 0.3) is 0 Å². The van der Waals surface area contributed by atoms with E-state index in [1.54, 1.807) is 7.11 Å². The van der Waals surface area contributed by atoms with Crippen molar-refractivity contribution in [1.29, 1.82) is 0 Å². The van der Waals surface area contributed by atoms with E-state index in [1.165, 1.54) is 6.07 Å². The van der Waals surface area contributed by atoms with Gasteiger partial charge in [-0.15, -0.1) is 0 Å². The standard InChI is InChI=1S/C13H18F2O2/c1-13(2,17-3)7-6-12(16)10-5-4-9(14)8-11(10)15/h4-5,8,12,16H,6-7H2,1-3H3. The average Bonchev–Trinajstić information content (AvgIpc) is 2.26. The Morgan fingerprint density at radius 2 is 2.00 bits per heavy atom. The molecule has 0 saturated carbocycles. The minimum atomic E-state index is -0.940. The number of hydrogen-bond acceptors (Lipinski definition) is 2. The Bertz CT molecular complexity index is 378. The maximum atomic E-state index is 13.4. The van der Waals surface area contributed by atoms with E-state index in [4.69, 9.17) is 4.74 Å². The van der Waals surface area contributed by atoms with Crippen molar-refractivity contribution in [1.82, 2.24) is 0 Å². The lowest BCUT2D eigenvalue weighted by Crippen LogP contribution is -2.23. The molecule has 0 spiro atoms. The first-order valence-corrected chi connectivity index (χ1v) is 5.54. The van der Waals surface area contributed by atoms with Crippen LogP contribution in [0.4, 0.5) is 8.78 Å². The van der Waals surface area contributed by atoms with Crippen LogP contribution in [-0.4, -0.2) is 17.8 Å². The summed E-state index contributed by atoms with van der Waals surface area (Å²) in [6.07, 6.45) is 0.00949. The summed E-state index contributed by atoms with van der Waals surface area (Å²) in [7, 11) is 1.59. The zero-order valence-corrected chi connectivity index (χ0v) is 10.3. The van der Waals surface area contributed by atoms with Crippen molar-refractivity contribution >= 4 is 0 Å². The van der Waals surface area contributed by atoms with E-state index in [1.807, 2.05) is 13.8 Å². The third kappa shape index (κ3) is 4.06.